The van der Waals surface area contributed by atoms with E-state index in [0.29, 0.717) is 5.95 Å². The third-order valence-electron chi connectivity index (χ3n) is 2.18. The second-order valence-electron chi connectivity index (χ2n) is 4.31. The molecule has 0 saturated carbocycles. The average molecular weight is 208 g/mol. The van der Waals surface area contributed by atoms with Crippen molar-refractivity contribution in [1.82, 2.24) is 15.3 Å². The lowest BCUT2D eigenvalue weighted by atomic mass is 10.1. The monoisotopic (exact) mass is 208 g/mol. The highest BCUT2D eigenvalue weighted by Crippen LogP contribution is 2.09. The first kappa shape index (κ1) is 11.9. The number of aryl methyl sites for hydroxylation is 1. The molecule has 0 aliphatic carbocycles. The number of anilines is 1. The van der Waals surface area contributed by atoms with Crippen LogP contribution in [0.4, 0.5) is 5.95 Å². The predicted octanol–water partition coefficient (Wildman–Crippen LogP) is 1.45. The fraction of sp³-hybridized carbons (Fsp3) is 0.636. The van der Waals surface area contributed by atoms with Crippen molar-refractivity contribution in [3.8, 4) is 0 Å². The number of hydrogen-bond acceptors (Lipinski definition) is 4. The molecule has 84 valence electrons. The van der Waals surface area contributed by atoms with E-state index in [9.17, 15) is 0 Å². The quantitative estimate of drug-likeness (QED) is 0.769. The van der Waals surface area contributed by atoms with E-state index < -0.39 is 0 Å². The van der Waals surface area contributed by atoms with E-state index in [0.717, 1.165) is 18.5 Å². The summed E-state index contributed by atoms with van der Waals surface area (Å²) >= 11 is 0. The molecule has 1 rings (SSSR count). The summed E-state index contributed by atoms with van der Waals surface area (Å²) < 4.78 is 0. The van der Waals surface area contributed by atoms with Crippen LogP contribution < -0.4 is 10.6 Å². The third-order valence-corrected chi connectivity index (χ3v) is 2.18. The van der Waals surface area contributed by atoms with Crippen molar-refractivity contribution in [1.29, 1.82) is 0 Å². The summed E-state index contributed by atoms with van der Waals surface area (Å²) in [5.74, 6) is 0.687. The fourth-order valence-corrected chi connectivity index (χ4v) is 1.39. The van der Waals surface area contributed by atoms with Crippen LogP contribution in [0.2, 0.25) is 0 Å². The van der Waals surface area contributed by atoms with Crippen LogP contribution in [0, 0.1) is 0 Å². The number of nitrogens with one attached hydrogen (secondary N) is 2. The van der Waals surface area contributed by atoms with E-state index in [2.05, 4.69) is 41.4 Å². The van der Waals surface area contributed by atoms with Gasteiger partial charge in [-0.05, 0) is 32.9 Å². The Morgan fingerprint density at radius 1 is 1.27 bits per heavy atom. The summed E-state index contributed by atoms with van der Waals surface area (Å²) in [7, 11) is 1.93. The largest absolute Gasteiger partial charge is 0.348 e. The van der Waals surface area contributed by atoms with Gasteiger partial charge in [-0.2, -0.15) is 0 Å². The number of rotatable bonds is 5. The Bertz CT molecular complexity index is 292. The zero-order valence-corrected chi connectivity index (χ0v) is 9.96. The molecule has 2 N–H and O–H groups in total. The minimum atomic E-state index is -0.0392. The molecule has 0 bridgehead atoms. The van der Waals surface area contributed by atoms with Gasteiger partial charge >= 0.3 is 0 Å². The van der Waals surface area contributed by atoms with Crippen LogP contribution in [0.15, 0.2) is 12.4 Å². The van der Waals surface area contributed by atoms with Crippen molar-refractivity contribution in [3.63, 3.8) is 0 Å². The lowest BCUT2D eigenvalue weighted by molar-refractivity contribution is 0.526. The molecule has 0 aliphatic rings. The smallest absolute Gasteiger partial charge is 0.223 e. The molecule has 0 aromatic carbocycles. The van der Waals surface area contributed by atoms with Gasteiger partial charge in [0.25, 0.3) is 0 Å². The molecule has 1 aromatic rings. The Balaban J connectivity index is 2.64. The topological polar surface area (TPSA) is 49.8 Å². The number of likely N-dealkylation sites (N-methyl/N-ethyl adjacent to an activating group) is 1. The van der Waals surface area contributed by atoms with Crippen LogP contribution >= 0.6 is 0 Å². The van der Waals surface area contributed by atoms with Gasteiger partial charge in [0.1, 0.15) is 0 Å². The molecule has 15 heavy (non-hydrogen) atoms. The van der Waals surface area contributed by atoms with Crippen LogP contribution in [0.1, 0.15) is 26.3 Å². The number of aromatic nitrogens is 2. The molecule has 1 aromatic heterocycles. The van der Waals surface area contributed by atoms with Gasteiger partial charge in [-0.1, -0.05) is 6.92 Å². The molecule has 1 heterocycles. The van der Waals surface area contributed by atoms with E-state index in [1.807, 2.05) is 19.4 Å². The van der Waals surface area contributed by atoms with Crippen LogP contribution in [-0.4, -0.2) is 29.1 Å². The highest BCUT2D eigenvalue weighted by Gasteiger charge is 2.16. The summed E-state index contributed by atoms with van der Waals surface area (Å²) in [6.45, 7) is 7.18. The van der Waals surface area contributed by atoms with Gasteiger partial charge in [-0.3, -0.25) is 0 Å². The summed E-state index contributed by atoms with van der Waals surface area (Å²) in [5.41, 5.74) is 1.12. The van der Waals surface area contributed by atoms with Crippen molar-refractivity contribution >= 4 is 5.95 Å². The zero-order chi connectivity index (χ0) is 11.3. The molecule has 0 saturated heterocycles. The lowest BCUT2D eigenvalue weighted by Crippen LogP contribution is -2.41. The molecular formula is C11H20N4. The van der Waals surface area contributed by atoms with E-state index >= 15 is 0 Å². The van der Waals surface area contributed by atoms with Gasteiger partial charge in [0.2, 0.25) is 5.95 Å². The summed E-state index contributed by atoms with van der Waals surface area (Å²) in [6, 6.07) is 0. The van der Waals surface area contributed by atoms with Gasteiger partial charge in [0, 0.05) is 24.5 Å². The van der Waals surface area contributed by atoms with Crippen molar-refractivity contribution in [2.45, 2.75) is 32.7 Å². The first-order chi connectivity index (χ1) is 7.07. The van der Waals surface area contributed by atoms with Crippen LogP contribution in [-0.2, 0) is 6.42 Å². The Labute approximate surface area is 91.5 Å². The predicted molar refractivity (Wildman–Crippen MR) is 63.0 cm³/mol. The van der Waals surface area contributed by atoms with E-state index in [1.165, 1.54) is 0 Å². The van der Waals surface area contributed by atoms with E-state index in [-0.39, 0.29) is 5.54 Å². The van der Waals surface area contributed by atoms with Crippen molar-refractivity contribution in [3.05, 3.63) is 18.0 Å². The van der Waals surface area contributed by atoms with Gasteiger partial charge < -0.3 is 10.6 Å². The Morgan fingerprint density at radius 2 is 1.87 bits per heavy atom. The molecule has 0 spiro atoms. The maximum absolute atomic E-state index is 4.27. The van der Waals surface area contributed by atoms with Gasteiger partial charge in [0.15, 0.2) is 0 Å². The Hall–Kier alpha value is -1.16. The highest BCUT2D eigenvalue weighted by molar-refractivity contribution is 5.28. The van der Waals surface area contributed by atoms with Crippen molar-refractivity contribution < 1.29 is 0 Å². The zero-order valence-electron chi connectivity index (χ0n) is 9.96. The van der Waals surface area contributed by atoms with Gasteiger partial charge in [-0.15, -0.1) is 0 Å². The normalized spacial score (nSPS) is 11.5. The molecule has 0 unspecified atom stereocenters. The molecule has 0 fully saturated rings. The number of hydrogen-bond donors (Lipinski definition) is 2. The average Bonchev–Trinajstić information content (AvgIpc) is 2.18. The highest BCUT2D eigenvalue weighted by atomic mass is 15.1. The first-order valence-corrected chi connectivity index (χ1v) is 5.31. The summed E-state index contributed by atoms with van der Waals surface area (Å²) in [4.78, 5) is 8.53. The second-order valence-corrected chi connectivity index (χ2v) is 4.31. The van der Waals surface area contributed by atoms with Gasteiger partial charge in [-0.25, -0.2) is 9.97 Å². The minimum Gasteiger partial charge on any atom is -0.348 e. The van der Waals surface area contributed by atoms with Gasteiger partial charge in [0.05, 0.1) is 0 Å². The SMILES string of the molecule is CCc1cnc(NC(C)(C)CNC)nc1. The summed E-state index contributed by atoms with van der Waals surface area (Å²) in [5, 5.41) is 6.42. The van der Waals surface area contributed by atoms with Crippen molar-refractivity contribution in [2.24, 2.45) is 0 Å². The van der Waals surface area contributed by atoms with Crippen LogP contribution in [0.5, 0.6) is 0 Å². The lowest BCUT2D eigenvalue weighted by Gasteiger charge is -2.25. The third kappa shape index (κ3) is 3.83. The molecular weight excluding hydrogens is 188 g/mol. The number of nitrogens with zero attached hydrogens (tertiary/aromatic N) is 2. The minimum absolute atomic E-state index is 0.0392. The summed E-state index contributed by atoms with van der Waals surface area (Å²) in [6.07, 6.45) is 4.70. The molecule has 0 atom stereocenters. The standard InChI is InChI=1S/C11H20N4/c1-5-9-6-13-10(14-7-9)15-11(2,3)8-12-4/h6-7,12H,5,8H2,1-4H3,(H,13,14,15). The molecule has 0 amide bonds. The Morgan fingerprint density at radius 3 is 2.33 bits per heavy atom. The molecule has 0 aliphatic heterocycles. The van der Waals surface area contributed by atoms with Crippen LogP contribution in [0.3, 0.4) is 0 Å². The maximum atomic E-state index is 4.27. The fourth-order valence-electron chi connectivity index (χ4n) is 1.39. The van der Waals surface area contributed by atoms with Crippen LogP contribution in [0.25, 0.3) is 0 Å². The Kier molecular flexibility index (Phi) is 4.03. The molecule has 4 nitrogen and oxygen atoms in total. The first-order valence-electron chi connectivity index (χ1n) is 5.31. The molecule has 0 radical (unpaired) electrons. The molecule has 4 heteroatoms. The maximum Gasteiger partial charge on any atom is 0.223 e. The van der Waals surface area contributed by atoms with Crippen molar-refractivity contribution in [2.75, 3.05) is 18.9 Å². The second kappa shape index (κ2) is 5.07. The van der Waals surface area contributed by atoms with E-state index in [1.54, 1.807) is 0 Å². The van der Waals surface area contributed by atoms with E-state index in [4.69, 9.17) is 0 Å².